The van der Waals surface area contributed by atoms with Gasteiger partial charge in [-0.1, -0.05) is 29.8 Å². The number of aliphatic carboxylic acids is 1. The van der Waals surface area contributed by atoms with Crippen molar-refractivity contribution in [2.75, 3.05) is 20.8 Å². The number of Topliss-reactive ketones (excluding diaryl/α,β-unsaturated/α-hetero) is 1. The number of hydrogen-bond donors (Lipinski definition) is 2. The quantitative estimate of drug-likeness (QED) is 0.369. The molecule has 32 heavy (non-hydrogen) atoms. The van der Waals surface area contributed by atoms with E-state index in [-0.39, 0.29) is 30.7 Å². The van der Waals surface area contributed by atoms with Crippen molar-refractivity contribution in [3.05, 3.63) is 64.7 Å². The highest BCUT2D eigenvalue weighted by atomic mass is 16.5. The van der Waals surface area contributed by atoms with Crippen LogP contribution in [0.25, 0.3) is 5.76 Å². The van der Waals surface area contributed by atoms with Crippen LogP contribution in [0.1, 0.15) is 35.6 Å². The van der Waals surface area contributed by atoms with Crippen molar-refractivity contribution in [2.45, 2.75) is 25.8 Å². The number of methoxy groups -OCH3 is 2. The summed E-state index contributed by atoms with van der Waals surface area (Å²) in [4.78, 5) is 38.2. The molecule has 8 nitrogen and oxygen atoms in total. The van der Waals surface area contributed by atoms with Crippen LogP contribution in [-0.2, 0) is 14.4 Å². The third-order valence-electron chi connectivity index (χ3n) is 5.39. The number of amides is 1. The number of rotatable bonds is 8. The Kier molecular flexibility index (Phi) is 6.82. The van der Waals surface area contributed by atoms with Gasteiger partial charge in [0.15, 0.2) is 0 Å². The zero-order valence-electron chi connectivity index (χ0n) is 18.1. The molecular weight excluding hydrogens is 414 g/mol. The van der Waals surface area contributed by atoms with Gasteiger partial charge in [-0.05, 0) is 31.5 Å². The summed E-state index contributed by atoms with van der Waals surface area (Å²) in [6.07, 6.45) is -0.0152. The number of likely N-dealkylation sites (tertiary alicyclic amines) is 1. The Labute approximate surface area is 185 Å². The van der Waals surface area contributed by atoms with E-state index >= 15 is 0 Å². The van der Waals surface area contributed by atoms with Crippen LogP contribution in [0.5, 0.6) is 11.5 Å². The zero-order valence-corrected chi connectivity index (χ0v) is 18.1. The largest absolute Gasteiger partial charge is 0.507 e. The van der Waals surface area contributed by atoms with Crippen LogP contribution in [-0.4, -0.2) is 53.5 Å². The molecule has 0 unspecified atom stereocenters. The van der Waals surface area contributed by atoms with Gasteiger partial charge in [-0.15, -0.1) is 0 Å². The molecule has 168 valence electrons. The first-order valence-electron chi connectivity index (χ1n) is 10.1. The summed E-state index contributed by atoms with van der Waals surface area (Å²) in [5.41, 5.74) is 1.74. The Balaban J connectivity index is 2.19. The van der Waals surface area contributed by atoms with E-state index in [9.17, 15) is 19.5 Å². The van der Waals surface area contributed by atoms with Gasteiger partial charge in [0.05, 0.1) is 25.8 Å². The van der Waals surface area contributed by atoms with E-state index in [1.165, 1.54) is 19.1 Å². The number of aliphatic hydroxyl groups is 1. The lowest BCUT2D eigenvalue weighted by Gasteiger charge is -2.26. The van der Waals surface area contributed by atoms with Crippen LogP contribution in [0.2, 0.25) is 0 Å². The Morgan fingerprint density at radius 3 is 2.31 bits per heavy atom. The molecule has 1 heterocycles. The van der Waals surface area contributed by atoms with Gasteiger partial charge >= 0.3 is 5.97 Å². The first kappa shape index (κ1) is 22.9. The Bertz CT molecular complexity index is 1070. The van der Waals surface area contributed by atoms with E-state index in [1.807, 2.05) is 6.92 Å². The molecule has 1 aliphatic heterocycles. The summed E-state index contributed by atoms with van der Waals surface area (Å²) in [5, 5.41) is 20.1. The molecule has 0 bridgehead atoms. The molecule has 8 heteroatoms. The molecule has 1 aliphatic rings. The number of ketones is 1. The minimum Gasteiger partial charge on any atom is -0.507 e. The topological polar surface area (TPSA) is 113 Å². The van der Waals surface area contributed by atoms with Gasteiger partial charge in [0.1, 0.15) is 17.3 Å². The van der Waals surface area contributed by atoms with Crippen molar-refractivity contribution < 1.29 is 34.1 Å². The van der Waals surface area contributed by atoms with Gasteiger partial charge in [-0.3, -0.25) is 14.4 Å². The highest BCUT2D eigenvalue weighted by molar-refractivity contribution is 6.46. The smallest absolute Gasteiger partial charge is 0.303 e. The van der Waals surface area contributed by atoms with Crippen molar-refractivity contribution in [1.82, 2.24) is 4.90 Å². The zero-order chi connectivity index (χ0) is 23.4. The van der Waals surface area contributed by atoms with E-state index in [2.05, 4.69) is 0 Å². The Morgan fingerprint density at radius 1 is 1.03 bits per heavy atom. The number of aliphatic hydroxyl groups excluding tert-OH is 1. The minimum absolute atomic E-state index is 0.0204. The lowest BCUT2D eigenvalue weighted by Crippen LogP contribution is -2.31. The first-order valence-corrected chi connectivity index (χ1v) is 10.1. The van der Waals surface area contributed by atoms with E-state index in [4.69, 9.17) is 14.6 Å². The van der Waals surface area contributed by atoms with Gasteiger partial charge in [-0.2, -0.15) is 0 Å². The van der Waals surface area contributed by atoms with Crippen molar-refractivity contribution in [1.29, 1.82) is 0 Å². The SMILES string of the molecule is COc1ccc(OC)c([C@H]2/C(=C(\O)c3ccc(C)cc3)C(=O)C(=O)N2CCCC(=O)O)c1. The number of carbonyl (C=O) groups is 3. The Morgan fingerprint density at radius 2 is 1.72 bits per heavy atom. The van der Waals surface area contributed by atoms with Crippen LogP contribution in [0.3, 0.4) is 0 Å². The molecule has 3 rings (SSSR count). The van der Waals surface area contributed by atoms with Crippen LogP contribution in [0.4, 0.5) is 0 Å². The third kappa shape index (κ3) is 4.44. The number of benzene rings is 2. The molecule has 1 fully saturated rings. The molecule has 0 aliphatic carbocycles. The summed E-state index contributed by atoms with van der Waals surface area (Å²) >= 11 is 0. The fraction of sp³-hybridized carbons (Fsp3) is 0.292. The molecular formula is C24H25NO7. The number of carbonyl (C=O) groups excluding carboxylic acids is 2. The molecule has 1 atom stereocenters. The van der Waals surface area contributed by atoms with E-state index in [1.54, 1.807) is 42.5 Å². The second-order valence-electron chi connectivity index (χ2n) is 7.46. The average Bonchev–Trinajstić information content (AvgIpc) is 3.03. The highest BCUT2D eigenvalue weighted by Gasteiger charge is 2.47. The summed E-state index contributed by atoms with van der Waals surface area (Å²) in [7, 11) is 2.95. The number of nitrogens with zero attached hydrogens (tertiary/aromatic N) is 1. The summed E-state index contributed by atoms with van der Waals surface area (Å²) in [6, 6.07) is 10.9. The fourth-order valence-electron chi connectivity index (χ4n) is 3.75. The predicted molar refractivity (Wildman–Crippen MR) is 117 cm³/mol. The maximum atomic E-state index is 13.0. The molecule has 0 aromatic heterocycles. The van der Waals surface area contributed by atoms with E-state index in [0.717, 1.165) is 5.56 Å². The summed E-state index contributed by atoms with van der Waals surface area (Å²) in [6.45, 7) is 1.92. The fourth-order valence-corrected chi connectivity index (χ4v) is 3.75. The molecule has 1 amide bonds. The second kappa shape index (κ2) is 9.55. The third-order valence-corrected chi connectivity index (χ3v) is 5.39. The number of ether oxygens (including phenoxy) is 2. The number of carboxylic acid groups (broad SMARTS) is 1. The maximum absolute atomic E-state index is 13.0. The lowest BCUT2D eigenvalue weighted by molar-refractivity contribution is -0.140. The first-order chi connectivity index (χ1) is 15.3. The normalized spacial score (nSPS) is 17.5. The number of aryl methyl sites for hydroxylation is 1. The van der Waals surface area contributed by atoms with Gasteiger partial charge < -0.3 is 24.6 Å². The average molecular weight is 439 g/mol. The molecule has 0 radical (unpaired) electrons. The molecule has 0 saturated carbocycles. The summed E-state index contributed by atoms with van der Waals surface area (Å²) < 4.78 is 10.8. The molecule has 2 N–H and O–H groups in total. The molecule has 0 spiro atoms. The van der Waals surface area contributed by atoms with Crippen molar-refractivity contribution in [3.63, 3.8) is 0 Å². The molecule has 2 aromatic rings. The van der Waals surface area contributed by atoms with E-state index in [0.29, 0.717) is 22.6 Å². The highest BCUT2D eigenvalue weighted by Crippen LogP contribution is 2.44. The number of hydrogen-bond acceptors (Lipinski definition) is 6. The van der Waals surface area contributed by atoms with Crippen LogP contribution in [0, 0.1) is 6.92 Å². The molecule has 1 saturated heterocycles. The monoisotopic (exact) mass is 439 g/mol. The Hall–Kier alpha value is -3.81. The van der Waals surface area contributed by atoms with Crippen LogP contribution >= 0.6 is 0 Å². The van der Waals surface area contributed by atoms with Gasteiger partial charge in [0, 0.05) is 24.1 Å². The van der Waals surface area contributed by atoms with Crippen LogP contribution < -0.4 is 9.47 Å². The maximum Gasteiger partial charge on any atom is 0.303 e. The molecule has 2 aromatic carbocycles. The van der Waals surface area contributed by atoms with Crippen molar-refractivity contribution in [3.8, 4) is 11.5 Å². The van der Waals surface area contributed by atoms with E-state index < -0.39 is 23.7 Å². The predicted octanol–water partition coefficient (Wildman–Crippen LogP) is 3.30. The minimum atomic E-state index is -1.00. The van der Waals surface area contributed by atoms with Crippen molar-refractivity contribution >= 4 is 23.4 Å². The van der Waals surface area contributed by atoms with Gasteiger partial charge in [0.25, 0.3) is 11.7 Å². The summed E-state index contributed by atoms with van der Waals surface area (Å²) in [5.74, 6) is -2.08. The lowest BCUT2D eigenvalue weighted by atomic mass is 9.94. The van der Waals surface area contributed by atoms with Gasteiger partial charge in [-0.25, -0.2) is 0 Å². The number of carboxylic acids is 1. The van der Waals surface area contributed by atoms with Crippen molar-refractivity contribution in [2.24, 2.45) is 0 Å². The van der Waals surface area contributed by atoms with Crippen LogP contribution in [0.15, 0.2) is 48.0 Å². The van der Waals surface area contributed by atoms with Gasteiger partial charge in [0.2, 0.25) is 0 Å². The second-order valence-corrected chi connectivity index (χ2v) is 7.46. The standard InChI is InChI=1S/C24H25NO7/c1-14-6-8-15(9-7-14)22(28)20-21(17-13-16(31-2)10-11-18(17)32-3)25(24(30)23(20)29)12-4-5-19(26)27/h6-11,13,21,28H,4-5,12H2,1-3H3,(H,26,27)/b22-20+/t21-/m0/s1.